The summed E-state index contributed by atoms with van der Waals surface area (Å²) in [6, 6.07) is 4.67. The van der Waals surface area contributed by atoms with Crippen LogP contribution in [0.1, 0.15) is 6.92 Å². The summed E-state index contributed by atoms with van der Waals surface area (Å²) >= 11 is 0. The number of cyclic esters (lactones) is 1. The van der Waals surface area contributed by atoms with Crippen LogP contribution in [0, 0.1) is 5.82 Å². The SMILES string of the molecule is CC(=O)NCC1CN(c2ccc(N3CCN(C4=NC(=O)CN4)CC3)c(F)c2)C(=O)O1. The van der Waals surface area contributed by atoms with Crippen molar-refractivity contribution in [2.24, 2.45) is 4.99 Å². The number of carbonyl (C=O) groups excluding carboxylic acids is 3. The van der Waals surface area contributed by atoms with Gasteiger partial charge in [-0.05, 0) is 18.2 Å². The van der Waals surface area contributed by atoms with Gasteiger partial charge in [0.1, 0.15) is 11.9 Å². The molecule has 3 aliphatic heterocycles. The van der Waals surface area contributed by atoms with Gasteiger partial charge in [-0.2, -0.15) is 4.99 Å². The molecule has 1 aromatic rings. The van der Waals surface area contributed by atoms with Crippen LogP contribution in [0.4, 0.5) is 20.6 Å². The second kappa shape index (κ2) is 8.17. The molecule has 2 N–H and O–H groups in total. The minimum atomic E-state index is -0.564. The van der Waals surface area contributed by atoms with Gasteiger partial charge >= 0.3 is 6.09 Å². The minimum absolute atomic E-state index is 0.186. The van der Waals surface area contributed by atoms with E-state index < -0.39 is 18.0 Å². The van der Waals surface area contributed by atoms with Gasteiger partial charge in [-0.25, -0.2) is 9.18 Å². The fourth-order valence-corrected chi connectivity index (χ4v) is 3.71. The lowest BCUT2D eigenvalue weighted by molar-refractivity contribution is -0.119. The third-order valence-electron chi connectivity index (χ3n) is 5.24. The van der Waals surface area contributed by atoms with Crippen molar-refractivity contribution in [3.63, 3.8) is 0 Å². The van der Waals surface area contributed by atoms with Crippen LogP contribution in [0.15, 0.2) is 23.2 Å². The number of benzene rings is 1. The number of aliphatic imine (C=N–C) groups is 1. The average Bonchev–Trinajstić information content (AvgIpc) is 3.32. The first-order chi connectivity index (χ1) is 14.4. The molecule has 160 valence electrons. The Kier molecular flexibility index (Phi) is 5.42. The summed E-state index contributed by atoms with van der Waals surface area (Å²) in [5, 5.41) is 5.58. The Bertz CT molecular complexity index is 899. The summed E-state index contributed by atoms with van der Waals surface area (Å²) in [6.07, 6.45) is -1.04. The van der Waals surface area contributed by atoms with Crippen molar-refractivity contribution in [1.82, 2.24) is 15.5 Å². The van der Waals surface area contributed by atoms with Gasteiger partial charge in [-0.3, -0.25) is 14.5 Å². The van der Waals surface area contributed by atoms with E-state index in [9.17, 15) is 18.8 Å². The van der Waals surface area contributed by atoms with Crippen LogP contribution in [-0.4, -0.2) is 80.7 Å². The summed E-state index contributed by atoms with van der Waals surface area (Å²) in [5.41, 5.74) is 0.867. The molecule has 0 bridgehead atoms. The van der Waals surface area contributed by atoms with Gasteiger partial charge in [0.25, 0.3) is 5.91 Å². The maximum absolute atomic E-state index is 14.8. The van der Waals surface area contributed by atoms with E-state index in [2.05, 4.69) is 15.6 Å². The fourth-order valence-electron chi connectivity index (χ4n) is 3.71. The van der Waals surface area contributed by atoms with Crippen LogP contribution in [0.5, 0.6) is 0 Å². The number of ether oxygens (including phenoxy) is 1. The number of amides is 3. The smallest absolute Gasteiger partial charge is 0.414 e. The molecule has 0 saturated carbocycles. The lowest BCUT2D eigenvalue weighted by Crippen LogP contribution is -2.51. The van der Waals surface area contributed by atoms with E-state index in [4.69, 9.17) is 4.74 Å². The second-order valence-corrected chi connectivity index (χ2v) is 7.35. The van der Waals surface area contributed by atoms with E-state index in [0.717, 1.165) is 0 Å². The monoisotopic (exact) mass is 418 g/mol. The maximum atomic E-state index is 14.8. The molecule has 3 aliphatic rings. The normalized spacial score (nSPS) is 21.5. The van der Waals surface area contributed by atoms with Gasteiger partial charge in [0.15, 0.2) is 0 Å². The molecule has 30 heavy (non-hydrogen) atoms. The largest absolute Gasteiger partial charge is 0.442 e. The number of guanidine groups is 1. The standard InChI is InChI=1S/C19H23FN6O4/c1-12(27)21-9-14-11-26(19(29)30-14)13-2-3-16(15(20)8-13)24-4-6-25(7-5-24)18-22-10-17(28)23-18/h2-3,8,14H,4-7,9-11H2,1H3,(H,21,27)(H,22,23,28). The highest BCUT2D eigenvalue weighted by Gasteiger charge is 2.33. The lowest BCUT2D eigenvalue weighted by Gasteiger charge is -2.37. The van der Waals surface area contributed by atoms with Crippen molar-refractivity contribution in [3.8, 4) is 0 Å². The number of nitrogens with zero attached hydrogens (tertiary/aromatic N) is 4. The number of rotatable bonds is 4. The van der Waals surface area contributed by atoms with Crippen molar-refractivity contribution >= 4 is 35.2 Å². The van der Waals surface area contributed by atoms with Crippen molar-refractivity contribution in [2.45, 2.75) is 13.0 Å². The Morgan fingerprint density at radius 3 is 2.63 bits per heavy atom. The molecule has 0 aromatic heterocycles. The van der Waals surface area contributed by atoms with Crippen LogP contribution >= 0.6 is 0 Å². The Balaban J connectivity index is 1.38. The highest BCUT2D eigenvalue weighted by Crippen LogP contribution is 2.28. The summed E-state index contributed by atoms with van der Waals surface area (Å²) in [7, 11) is 0. The van der Waals surface area contributed by atoms with Gasteiger partial charge < -0.3 is 25.2 Å². The highest BCUT2D eigenvalue weighted by atomic mass is 19.1. The zero-order chi connectivity index (χ0) is 21.3. The van der Waals surface area contributed by atoms with Crippen molar-refractivity contribution in [1.29, 1.82) is 0 Å². The summed E-state index contributed by atoms with van der Waals surface area (Å²) < 4.78 is 20.1. The van der Waals surface area contributed by atoms with Crippen LogP contribution in [0.2, 0.25) is 0 Å². The first kappa shape index (κ1) is 19.9. The third kappa shape index (κ3) is 4.14. The number of hydrogen-bond acceptors (Lipinski definition) is 7. The molecule has 11 heteroatoms. The Hall–Kier alpha value is -3.37. The molecule has 2 fully saturated rings. The Labute approximate surface area is 172 Å². The predicted octanol–water partition coefficient (Wildman–Crippen LogP) is -0.105. The predicted molar refractivity (Wildman–Crippen MR) is 107 cm³/mol. The molecule has 1 unspecified atom stereocenters. The van der Waals surface area contributed by atoms with Gasteiger partial charge in [0.05, 0.1) is 31.0 Å². The molecule has 1 aromatic carbocycles. The Morgan fingerprint density at radius 2 is 2.00 bits per heavy atom. The van der Waals surface area contributed by atoms with Gasteiger partial charge in [0.2, 0.25) is 11.9 Å². The zero-order valence-electron chi connectivity index (χ0n) is 16.6. The molecule has 4 rings (SSSR count). The van der Waals surface area contributed by atoms with Crippen molar-refractivity contribution < 1.29 is 23.5 Å². The summed E-state index contributed by atoms with van der Waals surface area (Å²) in [5.74, 6) is -0.237. The summed E-state index contributed by atoms with van der Waals surface area (Å²) in [4.78, 5) is 43.6. The van der Waals surface area contributed by atoms with Crippen LogP contribution in [-0.2, 0) is 14.3 Å². The quantitative estimate of drug-likeness (QED) is 0.703. The highest BCUT2D eigenvalue weighted by molar-refractivity contribution is 6.00. The number of hydrogen-bond donors (Lipinski definition) is 2. The number of halogens is 1. The topological polar surface area (TPSA) is 107 Å². The van der Waals surface area contributed by atoms with Crippen molar-refractivity contribution in [2.75, 3.05) is 55.6 Å². The number of nitrogens with one attached hydrogen (secondary N) is 2. The van der Waals surface area contributed by atoms with Crippen LogP contribution < -0.4 is 20.4 Å². The lowest BCUT2D eigenvalue weighted by atomic mass is 10.2. The molecular formula is C19H23FN6O4. The maximum Gasteiger partial charge on any atom is 0.414 e. The molecule has 0 spiro atoms. The molecule has 2 saturated heterocycles. The molecule has 3 amide bonds. The minimum Gasteiger partial charge on any atom is -0.442 e. The number of carbonyl (C=O) groups is 3. The van der Waals surface area contributed by atoms with Gasteiger partial charge in [0, 0.05) is 33.1 Å². The third-order valence-corrected chi connectivity index (χ3v) is 5.24. The second-order valence-electron chi connectivity index (χ2n) is 7.35. The van der Waals surface area contributed by atoms with Gasteiger partial charge in [-0.15, -0.1) is 0 Å². The van der Waals surface area contributed by atoms with Crippen molar-refractivity contribution in [3.05, 3.63) is 24.0 Å². The summed E-state index contributed by atoms with van der Waals surface area (Å²) in [6.45, 7) is 4.45. The van der Waals surface area contributed by atoms with E-state index in [1.54, 1.807) is 12.1 Å². The molecule has 10 nitrogen and oxygen atoms in total. The molecule has 3 heterocycles. The number of anilines is 2. The Morgan fingerprint density at radius 1 is 1.27 bits per heavy atom. The van der Waals surface area contributed by atoms with E-state index in [0.29, 0.717) is 43.5 Å². The molecule has 0 aliphatic carbocycles. The molecule has 0 radical (unpaired) electrons. The average molecular weight is 418 g/mol. The molecule has 1 atom stereocenters. The number of piperazine rings is 1. The van der Waals surface area contributed by atoms with Crippen LogP contribution in [0.3, 0.4) is 0 Å². The first-order valence-electron chi connectivity index (χ1n) is 9.78. The molecular weight excluding hydrogens is 395 g/mol. The zero-order valence-corrected chi connectivity index (χ0v) is 16.6. The van der Waals surface area contributed by atoms with Crippen LogP contribution in [0.25, 0.3) is 0 Å². The van der Waals surface area contributed by atoms with E-state index in [-0.39, 0.29) is 31.4 Å². The first-order valence-corrected chi connectivity index (χ1v) is 9.78. The van der Waals surface area contributed by atoms with E-state index >= 15 is 0 Å². The fraction of sp³-hybridized carbons (Fsp3) is 0.474. The van der Waals surface area contributed by atoms with E-state index in [1.165, 1.54) is 17.9 Å². The van der Waals surface area contributed by atoms with Gasteiger partial charge in [-0.1, -0.05) is 0 Å². The van der Waals surface area contributed by atoms with E-state index in [1.807, 2.05) is 9.80 Å².